The maximum Gasteiger partial charge on any atom is 0.123 e. The van der Waals surface area contributed by atoms with Crippen molar-refractivity contribution in [3.8, 4) is 0 Å². The zero-order chi connectivity index (χ0) is 14.5. The average Bonchev–Trinajstić information content (AvgIpc) is 2.79. The summed E-state index contributed by atoms with van der Waals surface area (Å²) in [4.78, 5) is 0. The predicted octanol–water partition coefficient (Wildman–Crippen LogP) is 2.55. The minimum Gasteiger partial charge on any atom is -0.310 e. The molecule has 0 fully saturated rings. The number of nitrogens with zero attached hydrogens (tertiary/aromatic N) is 3. The first-order valence-corrected chi connectivity index (χ1v) is 6.94. The molecule has 1 aromatic carbocycles. The summed E-state index contributed by atoms with van der Waals surface area (Å²) in [6.07, 6.45) is 3.63. The van der Waals surface area contributed by atoms with Crippen LogP contribution in [0.4, 0.5) is 4.39 Å². The number of aromatic nitrogens is 3. The van der Waals surface area contributed by atoms with E-state index in [1.165, 1.54) is 0 Å². The van der Waals surface area contributed by atoms with E-state index in [2.05, 4.69) is 22.6 Å². The van der Waals surface area contributed by atoms with E-state index in [1.54, 1.807) is 16.8 Å². The number of aryl methyl sites for hydroxylation is 2. The molecular formula is C15H21FN4. The standard InChI is InChI=1S/C15H21FN4/c1-4-5-17-15(9-14-10-20(3)19-18-14)12-6-11(2)7-13(16)8-12/h6-8,10,15,17H,4-5,9H2,1-3H3. The molecular weight excluding hydrogens is 255 g/mol. The van der Waals surface area contributed by atoms with Crippen LogP contribution >= 0.6 is 0 Å². The Balaban J connectivity index is 2.21. The second-order valence-corrected chi connectivity index (χ2v) is 5.16. The van der Waals surface area contributed by atoms with E-state index in [1.807, 2.05) is 26.2 Å². The van der Waals surface area contributed by atoms with Gasteiger partial charge in [-0.05, 0) is 43.1 Å². The molecule has 0 aliphatic carbocycles. The Bertz CT molecular complexity index is 545. The fraction of sp³-hybridized carbons (Fsp3) is 0.467. The van der Waals surface area contributed by atoms with Gasteiger partial charge in [-0.2, -0.15) is 0 Å². The Morgan fingerprint density at radius 2 is 2.15 bits per heavy atom. The molecule has 0 aliphatic heterocycles. The van der Waals surface area contributed by atoms with Gasteiger partial charge in [0.1, 0.15) is 5.82 Å². The lowest BCUT2D eigenvalue weighted by Gasteiger charge is -2.18. The first-order chi connectivity index (χ1) is 9.58. The van der Waals surface area contributed by atoms with Crippen LogP contribution in [0, 0.1) is 12.7 Å². The molecule has 0 saturated carbocycles. The van der Waals surface area contributed by atoms with Crippen molar-refractivity contribution >= 4 is 0 Å². The molecule has 1 unspecified atom stereocenters. The van der Waals surface area contributed by atoms with Crippen molar-refractivity contribution in [3.63, 3.8) is 0 Å². The predicted molar refractivity (Wildman–Crippen MR) is 76.9 cm³/mol. The summed E-state index contributed by atoms with van der Waals surface area (Å²) in [6, 6.07) is 5.22. The van der Waals surface area contributed by atoms with Crippen molar-refractivity contribution in [1.29, 1.82) is 0 Å². The third-order valence-corrected chi connectivity index (χ3v) is 3.17. The number of nitrogens with one attached hydrogen (secondary N) is 1. The van der Waals surface area contributed by atoms with Gasteiger partial charge in [-0.15, -0.1) is 5.10 Å². The summed E-state index contributed by atoms with van der Waals surface area (Å²) < 4.78 is 15.3. The summed E-state index contributed by atoms with van der Waals surface area (Å²) in [5.74, 6) is -0.192. The maximum atomic E-state index is 13.6. The summed E-state index contributed by atoms with van der Waals surface area (Å²) in [5.41, 5.74) is 2.80. The smallest absolute Gasteiger partial charge is 0.123 e. The van der Waals surface area contributed by atoms with Gasteiger partial charge >= 0.3 is 0 Å². The number of halogens is 1. The highest BCUT2D eigenvalue weighted by Gasteiger charge is 2.14. The molecule has 0 bridgehead atoms. The van der Waals surface area contributed by atoms with Gasteiger partial charge in [0, 0.05) is 25.7 Å². The summed E-state index contributed by atoms with van der Waals surface area (Å²) in [6.45, 7) is 4.91. The van der Waals surface area contributed by atoms with Crippen LogP contribution < -0.4 is 5.32 Å². The quantitative estimate of drug-likeness (QED) is 0.881. The van der Waals surface area contributed by atoms with Crippen LogP contribution in [0.25, 0.3) is 0 Å². The molecule has 0 spiro atoms. The molecule has 0 amide bonds. The third-order valence-electron chi connectivity index (χ3n) is 3.17. The van der Waals surface area contributed by atoms with Gasteiger partial charge in [0.15, 0.2) is 0 Å². The highest BCUT2D eigenvalue weighted by atomic mass is 19.1. The third kappa shape index (κ3) is 3.87. The Morgan fingerprint density at radius 1 is 1.35 bits per heavy atom. The van der Waals surface area contributed by atoms with Crippen molar-refractivity contribution in [3.05, 3.63) is 47.0 Å². The van der Waals surface area contributed by atoms with Gasteiger partial charge in [0.2, 0.25) is 0 Å². The SMILES string of the molecule is CCCNC(Cc1cn(C)nn1)c1cc(C)cc(F)c1. The van der Waals surface area contributed by atoms with Crippen LogP contribution in [0.15, 0.2) is 24.4 Å². The van der Waals surface area contributed by atoms with Crippen LogP contribution in [-0.2, 0) is 13.5 Å². The first-order valence-electron chi connectivity index (χ1n) is 6.94. The van der Waals surface area contributed by atoms with Gasteiger partial charge < -0.3 is 5.32 Å². The number of hydrogen-bond donors (Lipinski definition) is 1. The van der Waals surface area contributed by atoms with Gasteiger partial charge in [0.25, 0.3) is 0 Å². The summed E-state index contributed by atoms with van der Waals surface area (Å²) in [5, 5.41) is 11.5. The number of hydrogen-bond acceptors (Lipinski definition) is 3. The molecule has 0 saturated heterocycles. The van der Waals surface area contributed by atoms with Crippen LogP contribution in [0.3, 0.4) is 0 Å². The molecule has 20 heavy (non-hydrogen) atoms. The molecule has 2 aromatic rings. The molecule has 0 aliphatic rings. The molecule has 5 heteroatoms. The van der Waals surface area contributed by atoms with Gasteiger partial charge in [-0.1, -0.05) is 18.2 Å². The van der Waals surface area contributed by atoms with Crippen LogP contribution in [0.1, 0.15) is 36.2 Å². The zero-order valence-corrected chi connectivity index (χ0v) is 12.2. The summed E-state index contributed by atoms with van der Waals surface area (Å²) in [7, 11) is 1.84. The molecule has 1 atom stereocenters. The second-order valence-electron chi connectivity index (χ2n) is 5.16. The fourth-order valence-electron chi connectivity index (χ4n) is 2.29. The minimum atomic E-state index is -0.192. The summed E-state index contributed by atoms with van der Waals surface area (Å²) >= 11 is 0. The van der Waals surface area contributed by atoms with Crippen molar-refractivity contribution in [2.75, 3.05) is 6.54 Å². The minimum absolute atomic E-state index is 0.0565. The Labute approximate surface area is 119 Å². The molecule has 1 heterocycles. The normalized spacial score (nSPS) is 12.6. The zero-order valence-electron chi connectivity index (χ0n) is 12.2. The van der Waals surface area contributed by atoms with Crippen molar-refractivity contribution in [1.82, 2.24) is 20.3 Å². The molecule has 1 aromatic heterocycles. The molecule has 1 N–H and O–H groups in total. The lowest BCUT2D eigenvalue weighted by Crippen LogP contribution is -2.24. The first kappa shape index (κ1) is 14.7. The number of benzene rings is 1. The largest absolute Gasteiger partial charge is 0.310 e. The lowest BCUT2D eigenvalue weighted by molar-refractivity contribution is 0.519. The molecule has 2 rings (SSSR count). The van der Waals surface area contributed by atoms with Crippen molar-refractivity contribution in [2.45, 2.75) is 32.7 Å². The van der Waals surface area contributed by atoms with Gasteiger partial charge in [0.05, 0.1) is 5.69 Å². The van der Waals surface area contributed by atoms with E-state index in [0.29, 0.717) is 6.42 Å². The van der Waals surface area contributed by atoms with Crippen LogP contribution in [0.5, 0.6) is 0 Å². The highest BCUT2D eigenvalue weighted by molar-refractivity contribution is 5.27. The fourth-order valence-corrected chi connectivity index (χ4v) is 2.29. The number of rotatable bonds is 6. The van der Waals surface area contributed by atoms with E-state index < -0.39 is 0 Å². The van der Waals surface area contributed by atoms with E-state index >= 15 is 0 Å². The Kier molecular flexibility index (Phi) is 4.84. The topological polar surface area (TPSA) is 42.7 Å². The maximum absolute atomic E-state index is 13.6. The Morgan fingerprint density at radius 3 is 2.75 bits per heavy atom. The molecule has 0 radical (unpaired) electrons. The van der Waals surface area contributed by atoms with Crippen LogP contribution in [0.2, 0.25) is 0 Å². The average molecular weight is 276 g/mol. The lowest BCUT2D eigenvalue weighted by atomic mass is 10.00. The van der Waals surface area contributed by atoms with Crippen molar-refractivity contribution < 1.29 is 4.39 Å². The molecule has 108 valence electrons. The van der Waals surface area contributed by atoms with Crippen molar-refractivity contribution in [2.24, 2.45) is 7.05 Å². The highest BCUT2D eigenvalue weighted by Crippen LogP contribution is 2.20. The second kappa shape index (κ2) is 6.61. The van der Waals surface area contributed by atoms with Gasteiger partial charge in [-0.25, -0.2) is 4.39 Å². The van der Waals surface area contributed by atoms with E-state index in [4.69, 9.17) is 0 Å². The van der Waals surface area contributed by atoms with Gasteiger partial charge in [-0.3, -0.25) is 4.68 Å². The van der Waals surface area contributed by atoms with Crippen LogP contribution in [-0.4, -0.2) is 21.5 Å². The Hall–Kier alpha value is -1.75. The van der Waals surface area contributed by atoms with E-state index in [0.717, 1.165) is 29.8 Å². The van der Waals surface area contributed by atoms with E-state index in [-0.39, 0.29) is 11.9 Å². The monoisotopic (exact) mass is 276 g/mol. The molecule has 4 nitrogen and oxygen atoms in total. The van der Waals surface area contributed by atoms with E-state index in [9.17, 15) is 4.39 Å².